The van der Waals surface area contributed by atoms with E-state index in [-0.39, 0.29) is 0 Å². The molecule has 3 heterocycles. The standard InChI is InChI=1S/C20H22N4O2/c1-14-9-11-24(12-10-14)18-8-5-16(13-21-18)20-22-19(23-26-20)15-3-6-17(25-2)7-4-15/h3-8,13-14H,9-12H2,1-2H3. The molecule has 2 aromatic heterocycles. The van der Waals surface area contributed by atoms with Crippen LogP contribution < -0.4 is 9.64 Å². The molecule has 0 radical (unpaired) electrons. The Morgan fingerprint density at radius 3 is 2.42 bits per heavy atom. The number of rotatable bonds is 4. The predicted octanol–water partition coefficient (Wildman–Crippen LogP) is 4.04. The van der Waals surface area contributed by atoms with Gasteiger partial charge in [-0.3, -0.25) is 0 Å². The van der Waals surface area contributed by atoms with Gasteiger partial charge in [0.05, 0.1) is 12.7 Å². The van der Waals surface area contributed by atoms with Crippen LogP contribution in [0, 0.1) is 5.92 Å². The third-order valence-electron chi connectivity index (χ3n) is 4.88. The van der Waals surface area contributed by atoms with Crippen molar-refractivity contribution in [1.29, 1.82) is 0 Å². The lowest BCUT2D eigenvalue weighted by molar-refractivity contribution is 0.415. The average molecular weight is 350 g/mol. The van der Waals surface area contributed by atoms with E-state index >= 15 is 0 Å². The SMILES string of the molecule is COc1ccc(-c2noc(-c3ccc(N4CCC(C)CC4)nc3)n2)cc1. The van der Waals surface area contributed by atoms with Gasteiger partial charge in [0.15, 0.2) is 0 Å². The second kappa shape index (κ2) is 7.15. The maximum absolute atomic E-state index is 5.42. The van der Waals surface area contributed by atoms with Gasteiger partial charge in [-0.1, -0.05) is 12.1 Å². The highest BCUT2D eigenvalue weighted by Crippen LogP contribution is 2.26. The quantitative estimate of drug-likeness (QED) is 0.707. The summed E-state index contributed by atoms with van der Waals surface area (Å²) in [5, 5.41) is 4.07. The summed E-state index contributed by atoms with van der Waals surface area (Å²) >= 11 is 0. The lowest BCUT2D eigenvalue weighted by Crippen LogP contribution is -2.33. The molecule has 6 heteroatoms. The molecule has 0 atom stereocenters. The molecule has 0 bridgehead atoms. The van der Waals surface area contributed by atoms with E-state index in [0.29, 0.717) is 11.7 Å². The fourth-order valence-corrected chi connectivity index (χ4v) is 3.14. The van der Waals surface area contributed by atoms with E-state index in [4.69, 9.17) is 9.26 Å². The van der Waals surface area contributed by atoms with Crippen molar-refractivity contribution < 1.29 is 9.26 Å². The van der Waals surface area contributed by atoms with Crippen LogP contribution in [0.4, 0.5) is 5.82 Å². The lowest BCUT2D eigenvalue weighted by atomic mass is 9.99. The molecule has 1 aliphatic heterocycles. The fraction of sp³-hybridized carbons (Fsp3) is 0.350. The Morgan fingerprint density at radius 1 is 1.04 bits per heavy atom. The van der Waals surface area contributed by atoms with Gasteiger partial charge in [0.2, 0.25) is 5.82 Å². The van der Waals surface area contributed by atoms with Crippen LogP contribution in [0.5, 0.6) is 5.75 Å². The van der Waals surface area contributed by atoms with Crippen LogP contribution in [0.1, 0.15) is 19.8 Å². The van der Waals surface area contributed by atoms with Gasteiger partial charge in [0, 0.05) is 24.8 Å². The van der Waals surface area contributed by atoms with Gasteiger partial charge in [-0.05, 0) is 55.2 Å². The van der Waals surface area contributed by atoms with Crippen molar-refractivity contribution >= 4 is 5.82 Å². The molecule has 26 heavy (non-hydrogen) atoms. The predicted molar refractivity (Wildman–Crippen MR) is 100 cm³/mol. The van der Waals surface area contributed by atoms with Crippen LogP contribution >= 0.6 is 0 Å². The third-order valence-corrected chi connectivity index (χ3v) is 4.88. The van der Waals surface area contributed by atoms with Gasteiger partial charge >= 0.3 is 0 Å². The molecular weight excluding hydrogens is 328 g/mol. The Labute approximate surface area is 152 Å². The summed E-state index contributed by atoms with van der Waals surface area (Å²) in [4.78, 5) is 11.4. The summed E-state index contributed by atoms with van der Waals surface area (Å²) in [6.45, 7) is 4.44. The Hall–Kier alpha value is -2.89. The summed E-state index contributed by atoms with van der Waals surface area (Å²) in [5.74, 6) is 3.64. The van der Waals surface area contributed by atoms with Crippen LogP contribution in [-0.2, 0) is 0 Å². The average Bonchev–Trinajstić information content (AvgIpc) is 3.19. The molecule has 4 rings (SSSR count). The van der Waals surface area contributed by atoms with Crippen molar-refractivity contribution in [2.75, 3.05) is 25.1 Å². The zero-order valence-corrected chi connectivity index (χ0v) is 15.1. The normalized spacial score (nSPS) is 15.2. The monoisotopic (exact) mass is 350 g/mol. The number of piperidine rings is 1. The second-order valence-electron chi connectivity index (χ2n) is 6.73. The first-order valence-corrected chi connectivity index (χ1v) is 8.92. The lowest BCUT2D eigenvalue weighted by Gasteiger charge is -2.31. The first kappa shape index (κ1) is 16.6. The van der Waals surface area contributed by atoms with Gasteiger partial charge in [0.1, 0.15) is 11.6 Å². The van der Waals surface area contributed by atoms with Crippen molar-refractivity contribution in [3.63, 3.8) is 0 Å². The first-order valence-electron chi connectivity index (χ1n) is 8.92. The molecule has 0 aliphatic carbocycles. The van der Waals surface area contributed by atoms with E-state index in [1.54, 1.807) is 13.3 Å². The van der Waals surface area contributed by atoms with Crippen LogP contribution in [0.3, 0.4) is 0 Å². The molecule has 0 spiro atoms. The van der Waals surface area contributed by atoms with E-state index in [0.717, 1.165) is 41.7 Å². The Balaban J connectivity index is 1.50. The minimum absolute atomic E-state index is 0.474. The molecule has 6 nitrogen and oxygen atoms in total. The number of hydrogen-bond acceptors (Lipinski definition) is 6. The molecule has 1 saturated heterocycles. The zero-order chi connectivity index (χ0) is 17.9. The highest BCUT2D eigenvalue weighted by molar-refractivity contribution is 5.60. The largest absolute Gasteiger partial charge is 0.497 e. The highest BCUT2D eigenvalue weighted by atomic mass is 16.5. The Kier molecular flexibility index (Phi) is 4.56. The van der Waals surface area contributed by atoms with Crippen LogP contribution in [0.25, 0.3) is 22.8 Å². The van der Waals surface area contributed by atoms with Crippen molar-refractivity contribution in [3.05, 3.63) is 42.6 Å². The van der Waals surface area contributed by atoms with Gasteiger partial charge in [-0.25, -0.2) is 4.98 Å². The van der Waals surface area contributed by atoms with Crippen LogP contribution in [0.15, 0.2) is 47.1 Å². The minimum atomic E-state index is 0.474. The van der Waals surface area contributed by atoms with Gasteiger partial charge in [-0.15, -0.1) is 0 Å². The zero-order valence-electron chi connectivity index (χ0n) is 15.1. The molecule has 1 aromatic carbocycles. The van der Waals surface area contributed by atoms with Crippen molar-refractivity contribution in [1.82, 2.24) is 15.1 Å². The number of pyridine rings is 1. The summed E-state index contributed by atoms with van der Waals surface area (Å²) < 4.78 is 10.6. The number of methoxy groups -OCH3 is 1. The maximum atomic E-state index is 5.42. The number of nitrogens with zero attached hydrogens (tertiary/aromatic N) is 4. The third kappa shape index (κ3) is 3.40. The van der Waals surface area contributed by atoms with Crippen molar-refractivity contribution in [3.8, 4) is 28.6 Å². The number of benzene rings is 1. The number of anilines is 1. The van der Waals surface area contributed by atoms with E-state index in [2.05, 4.69) is 26.9 Å². The first-order chi connectivity index (χ1) is 12.7. The van der Waals surface area contributed by atoms with Gasteiger partial charge in [0.25, 0.3) is 5.89 Å². The van der Waals surface area contributed by atoms with E-state index in [1.165, 1.54) is 12.8 Å². The Bertz CT molecular complexity index is 850. The molecule has 3 aromatic rings. The van der Waals surface area contributed by atoms with E-state index < -0.39 is 0 Å². The number of ether oxygens (including phenoxy) is 1. The van der Waals surface area contributed by atoms with E-state index in [1.807, 2.05) is 36.4 Å². The highest BCUT2D eigenvalue weighted by Gasteiger charge is 2.17. The van der Waals surface area contributed by atoms with Crippen molar-refractivity contribution in [2.24, 2.45) is 5.92 Å². The summed E-state index contributed by atoms with van der Waals surface area (Å²) in [5.41, 5.74) is 1.71. The van der Waals surface area contributed by atoms with E-state index in [9.17, 15) is 0 Å². The van der Waals surface area contributed by atoms with Crippen LogP contribution in [0.2, 0.25) is 0 Å². The summed E-state index contributed by atoms with van der Waals surface area (Å²) in [6, 6.07) is 11.6. The van der Waals surface area contributed by atoms with Gasteiger partial charge < -0.3 is 14.2 Å². The number of hydrogen-bond donors (Lipinski definition) is 0. The molecule has 0 amide bonds. The molecule has 0 N–H and O–H groups in total. The summed E-state index contributed by atoms with van der Waals surface area (Å²) in [7, 11) is 1.64. The number of aromatic nitrogens is 3. The molecule has 1 aliphatic rings. The van der Waals surface area contributed by atoms with Crippen molar-refractivity contribution in [2.45, 2.75) is 19.8 Å². The minimum Gasteiger partial charge on any atom is -0.497 e. The summed E-state index contributed by atoms with van der Waals surface area (Å²) in [6.07, 6.45) is 4.25. The fourth-order valence-electron chi connectivity index (χ4n) is 3.14. The smallest absolute Gasteiger partial charge is 0.259 e. The molecular formula is C20H22N4O2. The van der Waals surface area contributed by atoms with Crippen LogP contribution in [-0.4, -0.2) is 35.3 Å². The second-order valence-corrected chi connectivity index (χ2v) is 6.73. The molecule has 134 valence electrons. The Morgan fingerprint density at radius 2 is 1.77 bits per heavy atom. The topological polar surface area (TPSA) is 64.3 Å². The maximum Gasteiger partial charge on any atom is 0.259 e. The van der Waals surface area contributed by atoms with Gasteiger partial charge in [-0.2, -0.15) is 4.98 Å². The molecule has 1 fully saturated rings. The molecule has 0 saturated carbocycles. The molecule has 0 unspecified atom stereocenters.